The van der Waals surface area contributed by atoms with Crippen LogP contribution in [0.5, 0.6) is 0 Å². The van der Waals surface area contributed by atoms with Crippen LogP contribution in [0.25, 0.3) is 0 Å². The van der Waals surface area contributed by atoms with E-state index in [4.69, 9.17) is 5.73 Å². The fraction of sp³-hybridized carbons (Fsp3) is 0.667. The van der Waals surface area contributed by atoms with E-state index in [2.05, 4.69) is 34.2 Å². The summed E-state index contributed by atoms with van der Waals surface area (Å²) in [4.78, 5) is 10.8. The highest BCUT2D eigenvalue weighted by atomic mass is 15.1. The predicted octanol–water partition coefficient (Wildman–Crippen LogP) is 1.12. The molecule has 0 aliphatic carbocycles. The zero-order chi connectivity index (χ0) is 12.4. The summed E-state index contributed by atoms with van der Waals surface area (Å²) in [5, 5.41) is 3.48. The number of aryl methyl sites for hydroxylation is 1. The van der Waals surface area contributed by atoms with E-state index in [0.717, 1.165) is 25.3 Å². The summed E-state index contributed by atoms with van der Waals surface area (Å²) in [5.41, 5.74) is 5.72. The van der Waals surface area contributed by atoms with Crippen molar-refractivity contribution >= 4 is 11.6 Å². The number of likely N-dealkylation sites (tertiary alicyclic amines) is 1. The van der Waals surface area contributed by atoms with Crippen molar-refractivity contribution in [3.63, 3.8) is 0 Å². The standard InChI is InChI=1S/C12H21N5/c1-8-7-17(3)5-4-10(8)16-12-6-11(13)14-9(2)15-12/h6,8,10H,4-5,7H2,1-3H3,(H3,13,14,15,16). The number of hydrogen-bond acceptors (Lipinski definition) is 5. The maximum Gasteiger partial charge on any atom is 0.132 e. The molecule has 1 aliphatic rings. The van der Waals surface area contributed by atoms with Crippen molar-refractivity contribution in [2.45, 2.75) is 26.3 Å². The van der Waals surface area contributed by atoms with Gasteiger partial charge < -0.3 is 16.0 Å². The summed E-state index contributed by atoms with van der Waals surface area (Å²) in [5.74, 6) is 2.70. The van der Waals surface area contributed by atoms with E-state index in [-0.39, 0.29) is 0 Å². The number of anilines is 2. The monoisotopic (exact) mass is 235 g/mol. The molecule has 94 valence electrons. The highest BCUT2D eigenvalue weighted by molar-refractivity contribution is 5.45. The molecule has 0 radical (unpaired) electrons. The van der Waals surface area contributed by atoms with E-state index in [1.165, 1.54) is 0 Å². The molecular weight excluding hydrogens is 214 g/mol. The Bertz CT molecular complexity index is 372. The van der Waals surface area contributed by atoms with Gasteiger partial charge in [-0.3, -0.25) is 0 Å². The molecular formula is C12H21N5. The first-order valence-corrected chi connectivity index (χ1v) is 6.11. The molecule has 1 aromatic heterocycles. The number of nitrogens with zero attached hydrogens (tertiary/aromatic N) is 3. The number of piperidine rings is 1. The van der Waals surface area contributed by atoms with Crippen molar-refractivity contribution in [1.82, 2.24) is 14.9 Å². The first-order chi connectivity index (χ1) is 8.04. The van der Waals surface area contributed by atoms with Gasteiger partial charge in [0.15, 0.2) is 0 Å². The molecule has 0 saturated carbocycles. The van der Waals surface area contributed by atoms with E-state index >= 15 is 0 Å². The Morgan fingerprint density at radius 1 is 1.47 bits per heavy atom. The Kier molecular flexibility index (Phi) is 3.47. The number of aromatic nitrogens is 2. The Hall–Kier alpha value is -1.36. The van der Waals surface area contributed by atoms with Gasteiger partial charge in [-0.15, -0.1) is 0 Å². The van der Waals surface area contributed by atoms with Gasteiger partial charge in [0.2, 0.25) is 0 Å². The fourth-order valence-corrected chi connectivity index (χ4v) is 2.42. The van der Waals surface area contributed by atoms with Gasteiger partial charge in [-0.25, -0.2) is 9.97 Å². The Balaban J connectivity index is 2.05. The van der Waals surface area contributed by atoms with Crippen LogP contribution >= 0.6 is 0 Å². The summed E-state index contributed by atoms with van der Waals surface area (Å²) >= 11 is 0. The first-order valence-electron chi connectivity index (χ1n) is 6.11. The molecule has 2 rings (SSSR count). The molecule has 1 aromatic rings. The van der Waals surface area contributed by atoms with Crippen LogP contribution in [-0.4, -0.2) is 41.0 Å². The molecule has 2 unspecified atom stereocenters. The molecule has 0 aromatic carbocycles. The average molecular weight is 235 g/mol. The zero-order valence-corrected chi connectivity index (χ0v) is 10.8. The lowest BCUT2D eigenvalue weighted by atomic mass is 9.94. The Morgan fingerprint density at radius 2 is 2.24 bits per heavy atom. The zero-order valence-electron chi connectivity index (χ0n) is 10.8. The lowest BCUT2D eigenvalue weighted by molar-refractivity contribution is 0.206. The minimum atomic E-state index is 0.472. The third-order valence-corrected chi connectivity index (χ3v) is 3.30. The van der Waals surface area contributed by atoms with Crippen LogP contribution in [0.2, 0.25) is 0 Å². The topological polar surface area (TPSA) is 67.1 Å². The highest BCUT2D eigenvalue weighted by Crippen LogP contribution is 2.20. The number of hydrogen-bond donors (Lipinski definition) is 2. The molecule has 1 aliphatic heterocycles. The third-order valence-electron chi connectivity index (χ3n) is 3.30. The third kappa shape index (κ3) is 3.06. The smallest absolute Gasteiger partial charge is 0.132 e. The SMILES string of the molecule is Cc1nc(N)cc(NC2CCN(C)CC2C)n1. The van der Waals surface area contributed by atoms with Crippen molar-refractivity contribution in [3.05, 3.63) is 11.9 Å². The Labute approximate surface area is 102 Å². The summed E-state index contributed by atoms with van der Waals surface area (Å²) in [6.07, 6.45) is 1.14. The molecule has 1 saturated heterocycles. The quantitative estimate of drug-likeness (QED) is 0.804. The van der Waals surface area contributed by atoms with Crippen LogP contribution in [-0.2, 0) is 0 Å². The maximum absolute atomic E-state index is 5.72. The van der Waals surface area contributed by atoms with Gasteiger partial charge >= 0.3 is 0 Å². The van der Waals surface area contributed by atoms with Gasteiger partial charge in [0.25, 0.3) is 0 Å². The summed E-state index contributed by atoms with van der Waals surface area (Å²) < 4.78 is 0. The Morgan fingerprint density at radius 3 is 2.88 bits per heavy atom. The summed E-state index contributed by atoms with van der Waals surface area (Å²) in [6.45, 7) is 6.38. The molecule has 1 fully saturated rings. The van der Waals surface area contributed by atoms with Crippen LogP contribution in [0.4, 0.5) is 11.6 Å². The minimum Gasteiger partial charge on any atom is -0.384 e. The van der Waals surface area contributed by atoms with Gasteiger partial charge in [0.05, 0.1) is 0 Å². The first kappa shape index (κ1) is 12.1. The van der Waals surface area contributed by atoms with Crippen molar-refractivity contribution < 1.29 is 0 Å². The normalized spacial score (nSPS) is 25.8. The van der Waals surface area contributed by atoms with Crippen LogP contribution < -0.4 is 11.1 Å². The summed E-state index contributed by atoms with van der Waals surface area (Å²) in [7, 11) is 2.17. The average Bonchev–Trinajstić information content (AvgIpc) is 2.21. The van der Waals surface area contributed by atoms with Crippen LogP contribution in [0.15, 0.2) is 6.07 Å². The van der Waals surface area contributed by atoms with Crippen LogP contribution in [0, 0.1) is 12.8 Å². The van der Waals surface area contributed by atoms with Crippen molar-refractivity contribution in [2.75, 3.05) is 31.2 Å². The van der Waals surface area contributed by atoms with Gasteiger partial charge in [-0.05, 0) is 32.9 Å². The molecule has 17 heavy (non-hydrogen) atoms. The number of nitrogens with one attached hydrogen (secondary N) is 1. The second kappa shape index (κ2) is 4.87. The molecule has 0 bridgehead atoms. The predicted molar refractivity (Wildman–Crippen MR) is 69.9 cm³/mol. The summed E-state index contributed by atoms with van der Waals surface area (Å²) in [6, 6.07) is 2.28. The van der Waals surface area contributed by atoms with E-state index in [1.54, 1.807) is 6.07 Å². The lowest BCUT2D eigenvalue weighted by Crippen LogP contribution is -2.43. The van der Waals surface area contributed by atoms with Crippen LogP contribution in [0.1, 0.15) is 19.2 Å². The number of nitrogen functional groups attached to an aromatic ring is 1. The minimum absolute atomic E-state index is 0.472. The molecule has 2 atom stereocenters. The fourth-order valence-electron chi connectivity index (χ4n) is 2.42. The molecule has 0 spiro atoms. The maximum atomic E-state index is 5.72. The molecule has 0 amide bonds. The molecule has 2 heterocycles. The second-order valence-electron chi connectivity index (χ2n) is 5.00. The highest BCUT2D eigenvalue weighted by Gasteiger charge is 2.24. The lowest BCUT2D eigenvalue weighted by Gasteiger charge is -2.35. The molecule has 5 nitrogen and oxygen atoms in total. The van der Waals surface area contributed by atoms with Crippen molar-refractivity contribution in [3.8, 4) is 0 Å². The van der Waals surface area contributed by atoms with Gasteiger partial charge in [0.1, 0.15) is 17.5 Å². The van der Waals surface area contributed by atoms with Gasteiger partial charge in [0, 0.05) is 18.7 Å². The van der Waals surface area contributed by atoms with Gasteiger partial charge in [-0.2, -0.15) is 0 Å². The van der Waals surface area contributed by atoms with E-state index in [0.29, 0.717) is 23.6 Å². The number of nitrogens with two attached hydrogens (primary N) is 1. The molecule has 5 heteroatoms. The van der Waals surface area contributed by atoms with E-state index < -0.39 is 0 Å². The van der Waals surface area contributed by atoms with Crippen LogP contribution in [0.3, 0.4) is 0 Å². The largest absolute Gasteiger partial charge is 0.384 e. The van der Waals surface area contributed by atoms with Crippen molar-refractivity contribution in [1.29, 1.82) is 0 Å². The second-order valence-corrected chi connectivity index (χ2v) is 5.00. The van der Waals surface area contributed by atoms with Crippen molar-refractivity contribution in [2.24, 2.45) is 5.92 Å². The van der Waals surface area contributed by atoms with E-state index in [1.807, 2.05) is 6.92 Å². The molecule has 3 N–H and O–H groups in total. The number of rotatable bonds is 2. The van der Waals surface area contributed by atoms with Gasteiger partial charge in [-0.1, -0.05) is 6.92 Å². The van der Waals surface area contributed by atoms with E-state index in [9.17, 15) is 0 Å².